The highest BCUT2D eigenvalue weighted by Crippen LogP contribution is 2.24. The fourth-order valence-electron chi connectivity index (χ4n) is 2.88. The number of piperidine rings is 1. The van der Waals surface area contributed by atoms with Crippen molar-refractivity contribution in [1.82, 2.24) is 4.31 Å². The normalized spacial score (nSPS) is 15.5. The molecule has 1 aliphatic rings. The van der Waals surface area contributed by atoms with Gasteiger partial charge in [-0.2, -0.15) is 4.31 Å². The third-order valence-corrected chi connectivity index (χ3v) is 7.05. The van der Waals surface area contributed by atoms with Gasteiger partial charge in [0.05, 0.1) is 20.5 Å². The van der Waals surface area contributed by atoms with Crippen molar-refractivity contribution < 1.29 is 17.9 Å². The van der Waals surface area contributed by atoms with Gasteiger partial charge < -0.3 is 4.74 Å². The Bertz CT molecular complexity index is 923. The van der Waals surface area contributed by atoms with Gasteiger partial charge in [0.2, 0.25) is 10.0 Å². The number of esters is 1. The molecule has 1 saturated heterocycles. The first-order valence-electron chi connectivity index (χ1n) is 8.59. The smallest absolute Gasteiger partial charge is 0.338 e. The monoisotopic (exact) mass is 427 g/mol. The fraction of sp³-hybridized carbons (Fsp3) is 0.316. The maximum Gasteiger partial charge on any atom is 0.338 e. The average Bonchev–Trinajstić information content (AvgIpc) is 2.69. The molecule has 1 aliphatic heterocycles. The molecule has 5 nitrogen and oxygen atoms in total. The molecule has 2 aromatic carbocycles. The largest absolute Gasteiger partial charge is 0.457 e. The summed E-state index contributed by atoms with van der Waals surface area (Å²) in [4.78, 5) is 12.4. The minimum atomic E-state index is -3.51. The van der Waals surface area contributed by atoms with Crippen LogP contribution in [0.1, 0.15) is 35.2 Å². The molecule has 0 bridgehead atoms. The van der Waals surface area contributed by atoms with Crippen molar-refractivity contribution in [2.75, 3.05) is 13.1 Å². The van der Waals surface area contributed by atoms with Crippen molar-refractivity contribution in [3.05, 3.63) is 63.6 Å². The maximum atomic E-state index is 12.6. The zero-order valence-electron chi connectivity index (χ0n) is 14.5. The van der Waals surface area contributed by atoms with Crippen LogP contribution in [0.5, 0.6) is 0 Å². The molecule has 0 N–H and O–H groups in total. The SMILES string of the molecule is O=C(OCc1ccc(Cl)c(Cl)c1)c1ccc(S(=O)(=O)N2CCCCC2)cc1. The van der Waals surface area contributed by atoms with E-state index in [9.17, 15) is 13.2 Å². The van der Waals surface area contributed by atoms with E-state index in [0.29, 0.717) is 28.7 Å². The molecule has 3 rings (SSSR count). The van der Waals surface area contributed by atoms with Gasteiger partial charge in [0.25, 0.3) is 0 Å². The summed E-state index contributed by atoms with van der Waals surface area (Å²) < 4.78 is 32.0. The highest BCUT2D eigenvalue weighted by Gasteiger charge is 2.26. The van der Waals surface area contributed by atoms with Crippen LogP contribution in [0.4, 0.5) is 0 Å². The van der Waals surface area contributed by atoms with Crippen molar-refractivity contribution in [2.24, 2.45) is 0 Å². The summed E-state index contributed by atoms with van der Waals surface area (Å²) in [6.07, 6.45) is 2.80. The van der Waals surface area contributed by atoms with Gasteiger partial charge in [-0.25, -0.2) is 13.2 Å². The van der Waals surface area contributed by atoms with Gasteiger partial charge >= 0.3 is 5.97 Å². The number of carbonyl (C=O) groups excluding carboxylic acids is 1. The van der Waals surface area contributed by atoms with Crippen molar-refractivity contribution in [3.63, 3.8) is 0 Å². The Morgan fingerprint density at radius 2 is 1.63 bits per heavy atom. The van der Waals surface area contributed by atoms with Crippen molar-refractivity contribution in [1.29, 1.82) is 0 Å². The summed E-state index contributed by atoms with van der Waals surface area (Å²) >= 11 is 11.8. The van der Waals surface area contributed by atoms with Crippen LogP contribution in [0.25, 0.3) is 0 Å². The van der Waals surface area contributed by atoms with Crippen LogP contribution in [0.2, 0.25) is 10.0 Å². The number of hydrogen-bond donors (Lipinski definition) is 0. The standard InChI is InChI=1S/C19H19Cl2NO4S/c20-17-9-4-14(12-18(17)21)13-26-19(23)15-5-7-16(8-6-15)27(24,25)22-10-2-1-3-11-22/h4-9,12H,1-3,10-11,13H2. The molecule has 0 amide bonds. The number of sulfonamides is 1. The third kappa shape index (κ3) is 4.82. The first kappa shape index (κ1) is 20.1. The molecular weight excluding hydrogens is 409 g/mol. The molecule has 2 aromatic rings. The fourth-order valence-corrected chi connectivity index (χ4v) is 4.72. The second kappa shape index (κ2) is 8.61. The summed E-state index contributed by atoms with van der Waals surface area (Å²) in [6.45, 7) is 1.12. The molecule has 27 heavy (non-hydrogen) atoms. The Labute approximate surface area is 168 Å². The second-order valence-electron chi connectivity index (χ2n) is 6.31. The van der Waals surface area contributed by atoms with Gasteiger partial charge in [0.1, 0.15) is 6.61 Å². The highest BCUT2D eigenvalue weighted by atomic mass is 35.5. The van der Waals surface area contributed by atoms with Crippen molar-refractivity contribution in [3.8, 4) is 0 Å². The molecule has 8 heteroatoms. The van der Waals surface area contributed by atoms with Gasteiger partial charge in [0, 0.05) is 13.1 Å². The second-order valence-corrected chi connectivity index (χ2v) is 9.07. The topological polar surface area (TPSA) is 63.7 Å². The third-order valence-electron chi connectivity index (χ3n) is 4.40. The Balaban J connectivity index is 1.65. The van der Waals surface area contributed by atoms with E-state index < -0.39 is 16.0 Å². The quantitative estimate of drug-likeness (QED) is 0.657. The summed E-state index contributed by atoms with van der Waals surface area (Å²) in [7, 11) is -3.51. The van der Waals surface area contributed by atoms with Gasteiger partial charge in [-0.15, -0.1) is 0 Å². The van der Waals surface area contributed by atoms with E-state index in [1.165, 1.54) is 28.6 Å². The molecule has 0 aromatic heterocycles. The number of hydrogen-bond acceptors (Lipinski definition) is 4. The molecule has 0 saturated carbocycles. The Kier molecular flexibility index (Phi) is 6.42. The molecule has 0 aliphatic carbocycles. The van der Waals surface area contributed by atoms with Crippen LogP contribution < -0.4 is 0 Å². The van der Waals surface area contributed by atoms with Crippen LogP contribution >= 0.6 is 23.2 Å². The minimum Gasteiger partial charge on any atom is -0.457 e. The summed E-state index contributed by atoms with van der Waals surface area (Å²) in [5, 5.41) is 0.815. The van der Waals surface area contributed by atoms with Crippen LogP contribution in [0, 0.1) is 0 Å². The number of halogens is 2. The summed E-state index contributed by atoms with van der Waals surface area (Å²) in [5.74, 6) is -0.539. The van der Waals surface area contributed by atoms with E-state index in [-0.39, 0.29) is 17.1 Å². The molecule has 0 spiro atoms. The minimum absolute atomic E-state index is 0.0452. The van der Waals surface area contributed by atoms with Gasteiger partial charge in [-0.3, -0.25) is 0 Å². The lowest BCUT2D eigenvalue weighted by Gasteiger charge is -2.25. The Hall–Kier alpha value is -1.60. The number of benzene rings is 2. The molecule has 0 radical (unpaired) electrons. The van der Waals surface area contributed by atoms with E-state index in [2.05, 4.69) is 0 Å². The van der Waals surface area contributed by atoms with Crippen LogP contribution in [-0.2, 0) is 21.4 Å². The summed E-state index contributed by atoms with van der Waals surface area (Å²) in [5.41, 5.74) is 0.995. The Morgan fingerprint density at radius 3 is 2.26 bits per heavy atom. The molecular formula is C19H19Cl2NO4S. The predicted octanol–water partition coefficient (Wildman–Crippen LogP) is 4.53. The molecule has 144 valence electrons. The van der Waals surface area contributed by atoms with Crippen LogP contribution in [-0.4, -0.2) is 31.8 Å². The number of nitrogens with zero attached hydrogens (tertiary/aromatic N) is 1. The van der Waals surface area contributed by atoms with Gasteiger partial charge in [-0.05, 0) is 54.8 Å². The lowest BCUT2D eigenvalue weighted by Crippen LogP contribution is -2.35. The lowest BCUT2D eigenvalue weighted by molar-refractivity contribution is 0.0472. The number of ether oxygens (including phenoxy) is 1. The molecule has 0 atom stereocenters. The molecule has 1 heterocycles. The van der Waals surface area contributed by atoms with E-state index in [1.807, 2.05) is 0 Å². The van der Waals surface area contributed by atoms with Crippen LogP contribution in [0.3, 0.4) is 0 Å². The number of rotatable bonds is 5. The van der Waals surface area contributed by atoms with Gasteiger partial charge in [0.15, 0.2) is 0 Å². The van der Waals surface area contributed by atoms with E-state index in [4.69, 9.17) is 27.9 Å². The van der Waals surface area contributed by atoms with E-state index in [0.717, 1.165) is 19.3 Å². The Morgan fingerprint density at radius 1 is 0.963 bits per heavy atom. The van der Waals surface area contributed by atoms with Crippen LogP contribution in [0.15, 0.2) is 47.4 Å². The van der Waals surface area contributed by atoms with Crippen molar-refractivity contribution >= 4 is 39.2 Å². The zero-order valence-corrected chi connectivity index (χ0v) is 16.9. The van der Waals surface area contributed by atoms with E-state index >= 15 is 0 Å². The molecule has 0 unspecified atom stereocenters. The summed E-state index contributed by atoms with van der Waals surface area (Å²) in [6, 6.07) is 10.8. The van der Waals surface area contributed by atoms with E-state index in [1.54, 1.807) is 18.2 Å². The molecule has 1 fully saturated rings. The average molecular weight is 428 g/mol. The number of carbonyl (C=O) groups is 1. The zero-order chi connectivity index (χ0) is 19.4. The predicted molar refractivity (Wildman–Crippen MR) is 105 cm³/mol. The highest BCUT2D eigenvalue weighted by molar-refractivity contribution is 7.89. The van der Waals surface area contributed by atoms with Crippen molar-refractivity contribution in [2.45, 2.75) is 30.8 Å². The lowest BCUT2D eigenvalue weighted by atomic mass is 10.2. The van der Waals surface area contributed by atoms with Gasteiger partial charge in [-0.1, -0.05) is 35.7 Å². The first-order valence-corrected chi connectivity index (χ1v) is 10.8. The first-order chi connectivity index (χ1) is 12.9. The maximum absolute atomic E-state index is 12.6.